The van der Waals surface area contributed by atoms with Gasteiger partial charge in [0.15, 0.2) is 0 Å². The largest absolute Gasteiger partial charge is 0.480 e. The van der Waals surface area contributed by atoms with Gasteiger partial charge in [-0.15, -0.1) is 0 Å². The molecule has 0 spiro atoms. The topological polar surface area (TPSA) is 59.4 Å². The molecule has 88 valence electrons. The van der Waals surface area contributed by atoms with E-state index in [9.17, 15) is 4.79 Å². The molecule has 1 N–H and O–H groups in total. The van der Waals surface area contributed by atoms with Crippen molar-refractivity contribution in [3.05, 3.63) is 21.8 Å². The Balaban J connectivity index is 3.43. The Bertz CT molecular complexity index is 424. The summed E-state index contributed by atoms with van der Waals surface area (Å²) < 4.78 is 5.66. The number of halogens is 1. The first kappa shape index (κ1) is 13.0. The van der Waals surface area contributed by atoms with Crippen LogP contribution in [0.15, 0.2) is 10.5 Å². The molecule has 0 radical (unpaired) electrons. The molecule has 4 nitrogen and oxygen atoms in total. The molecule has 0 aliphatic heterocycles. The van der Waals surface area contributed by atoms with E-state index in [0.29, 0.717) is 4.47 Å². The Morgan fingerprint density at radius 2 is 2.06 bits per heavy atom. The molecular weight excluding hydrogens is 274 g/mol. The van der Waals surface area contributed by atoms with Gasteiger partial charge in [0.2, 0.25) is 5.88 Å². The van der Waals surface area contributed by atoms with Crippen LogP contribution in [0.1, 0.15) is 36.8 Å². The maximum atomic E-state index is 11.0. The number of carbonyl (C=O) groups is 1. The summed E-state index contributed by atoms with van der Waals surface area (Å²) in [5.41, 5.74) is 0.653. The molecule has 0 unspecified atom stereocenters. The SMILES string of the molecule is COc1nc(C(C)(C)C)c(Br)cc1C(=O)O. The van der Waals surface area contributed by atoms with Gasteiger partial charge >= 0.3 is 5.97 Å². The predicted octanol–water partition coefficient (Wildman–Crippen LogP) is 2.85. The zero-order valence-corrected chi connectivity index (χ0v) is 11.3. The van der Waals surface area contributed by atoms with Gasteiger partial charge in [-0.2, -0.15) is 0 Å². The van der Waals surface area contributed by atoms with Crippen molar-refractivity contribution in [2.24, 2.45) is 0 Å². The second-order valence-electron chi connectivity index (χ2n) is 4.43. The smallest absolute Gasteiger partial charge is 0.341 e. The number of aromatic carboxylic acids is 1. The molecule has 5 heteroatoms. The average Bonchev–Trinajstić information content (AvgIpc) is 2.15. The highest BCUT2D eigenvalue weighted by Crippen LogP contribution is 2.31. The summed E-state index contributed by atoms with van der Waals surface area (Å²) >= 11 is 3.33. The van der Waals surface area contributed by atoms with Crippen LogP contribution < -0.4 is 4.74 Å². The van der Waals surface area contributed by atoms with Gasteiger partial charge in [-0.1, -0.05) is 20.8 Å². The molecule has 0 aliphatic rings. The lowest BCUT2D eigenvalue weighted by Gasteiger charge is -2.20. The van der Waals surface area contributed by atoms with Crippen molar-refractivity contribution in [3.8, 4) is 5.88 Å². The fourth-order valence-electron chi connectivity index (χ4n) is 1.31. The normalized spacial score (nSPS) is 11.3. The van der Waals surface area contributed by atoms with E-state index in [-0.39, 0.29) is 16.9 Å². The highest BCUT2D eigenvalue weighted by molar-refractivity contribution is 9.10. The van der Waals surface area contributed by atoms with Crippen molar-refractivity contribution in [2.45, 2.75) is 26.2 Å². The maximum absolute atomic E-state index is 11.0. The number of hydrogen-bond acceptors (Lipinski definition) is 3. The van der Waals surface area contributed by atoms with Gasteiger partial charge in [0.25, 0.3) is 0 Å². The van der Waals surface area contributed by atoms with Crippen LogP contribution in [0.5, 0.6) is 5.88 Å². The lowest BCUT2D eigenvalue weighted by molar-refractivity contribution is 0.0692. The van der Waals surface area contributed by atoms with E-state index in [0.717, 1.165) is 5.69 Å². The molecule has 1 rings (SSSR count). The van der Waals surface area contributed by atoms with Gasteiger partial charge in [-0.25, -0.2) is 9.78 Å². The Kier molecular flexibility index (Phi) is 3.57. The molecule has 0 aliphatic carbocycles. The summed E-state index contributed by atoms with van der Waals surface area (Å²) in [5.74, 6) is -0.911. The number of nitrogens with zero attached hydrogens (tertiary/aromatic N) is 1. The number of pyridine rings is 1. The first-order valence-corrected chi connectivity index (χ1v) is 5.55. The van der Waals surface area contributed by atoms with E-state index in [2.05, 4.69) is 20.9 Å². The molecule has 0 saturated heterocycles. The molecule has 1 aromatic rings. The van der Waals surface area contributed by atoms with Crippen LogP contribution in [0, 0.1) is 0 Å². The van der Waals surface area contributed by atoms with Crippen LogP contribution in [0.2, 0.25) is 0 Å². The van der Waals surface area contributed by atoms with Gasteiger partial charge in [0.05, 0.1) is 12.8 Å². The predicted molar refractivity (Wildman–Crippen MR) is 64.1 cm³/mol. The maximum Gasteiger partial charge on any atom is 0.341 e. The lowest BCUT2D eigenvalue weighted by atomic mass is 9.91. The summed E-state index contributed by atoms with van der Waals surface area (Å²) in [6, 6.07) is 1.52. The lowest BCUT2D eigenvalue weighted by Crippen LogP contribution is -2.16. The second kappa shape index (κ2) is 4.41. The molecule has 1 heterocycles. The minimum atomic E-state index is -1.05. The van der Waals surface area contributed by atoms with Crippen LogP contribution in [-0.4, -0.2) is 23.2 Å². The van der Waals surface area contributed by atoms with Crippen LogP contribution in [0.3, 0.4) is 0 Å². The summed E-state index contributed by atoms with van der Waals surface area (Å²) in [5, 5.41) is 8.97. The van der Waals surface area contributed by atoms with Gasteiger partial charge in [0.1, 0.15) is 5.56 Å². The van der Waals surface area contributed by atoms with Crippen LogP contribution in [0.25, 0.3) is 0 Å². The van der Waals surface area contributed by atoms with E-state index in [1.54, 1.807) is 0 Å². The first-order valence-electron chi connectivity index (χ1n) is 4.75. The summed E-state index contributed by atoms with van der Waals surface area (Å²) in [4.78, 5) is 15.2. The Morgan fingerprint density at radius 1 is 1.50 bits per heavy atom. The minimum absolute atomic E-state index is 0.0578. The third-order valence-electron chi connectivity index (χ3n) is 2.08. The van der Waals surface area contributed by atoms with Crippen molar-refractivity contribution >= 4 is 21.9 Å². The van der Waals surface area contributed by atoms with Gasteiger partial charge in [0, 0.05) is 9.89 Å². The average molecular weight is 288 g/mol. The molecule has 0 fully saturated rings. The summed E-state index contributed by atoms with van der Waals surface area (Å²) in [6.07, 6.45) is 0. The third kappa shape index (κ3) is 2.52. The Labute approximate surface area is 103 Å². The molecule has 0 amide bonds. The number of carboxylic acids is 1. The highest BCUT2D eigenvalue weighted by Gasteiger charge is 2.23. The van der Waals surface area contributed by atoms with Gasteiger partial charge in [-0.3, -0.25) is 0 Å². The molecule has 1 aromatic heterocycles. The van der Waals surface area contributed by atoms with Gasteiger partial charge < -0.3 is 9.84 Å². The third-order valence-corrected chi connectivity index (χ3v) is 2.68. The van der Waals surface area contributed by atoms with Crippen molar-refractivity contribution in [3.63, 3.8) is 0 Å². The first-order chi connectivity index (χ1) is 7.27. The molecule has 0 aromatic carbocycles. The summed E-state index contributed by atoms with van der Waals surface area (Å²) in [7, 11) is 1.41. The molecule has 0 bridgehead atoms. The van der Waals surface area contributed by atoms with Crippen molar-refractivity contribution in [2.75, 3.05) is 7.11 Å². The van der Waals surface area contributed by atoms with Crippen molar-refractivity contribution in [1.82, 2.24) is 4.98 Å². The zero-order valence-electron chi connectivity index (χ0n) is 9.67. The number of hydrogen-bond donors (Lipinski definition) is 1. The van der Waals surface area contributed by atoms with E-state index < -0.39 is 5.97 Å². The zero-order chi connectivity index (χ0) is 12.5. The number of methoxy groups -OCH3 is 1. The molecule has 0 saturated carbocycles. The fourth-order valence-corrected chi connectivity index (χ4v) is 2.22. The van der Waals surface area contributed by atoms with Crippen molar-refractivity contribution < 1.29 is 14.6 Å². The number of ether oxygens (including phenoxy) is 1. The van der Waals surface area contributed by atoms with E-state index in [1.807, 2.05) is 20.8 Å². The number of rotatable bonds is 2. The fraction of sp³-hybridized carbons (Fsp3) is 0.455. The van der Waals surface area contributed by atoms with Crippen LogP contribution >= 0.6 is 15.9 Å². The van der Waals surface area contributed by atoms with Crippen molar-refractivity contribution in [1.29, 1.82) is 0 Å². The quantitative estimate of drug-likeness (QED) is 0.909. The van der Waals surface area contributed by atoms with E-state index in [4.69, 9.17) is 9.84 Å². The van der Waals surface area contributed by atoms with E-state index in [1.165, 1.54) is 13.2 Å². The van der Waals surface area contributed by atoms with Crippen LogP contribution in [-0.2, 0) is 5.41 Å². The summed E-state index contributed by atoms with van der Waals surface area (Å²) in [6.45, 7) is 6.00. The Hall–Kier alpha value is -1.10. The van der Waals surface area contributed by atoms with Crippen LogP contribution in [0.4, 0.5) is 0 Å². The minimum Gasteiger partial charge on any atom is -0.480 e. The number of aromatic nitrogens is 1. The molecule has 16 heavy (non-hydrogen) atoms. The molecular formula is C11H14BrNO3. The second-order valence-corrected chi connectivity index (χ2v) is 5.29. The standard InChI is InChI=1S/C11H14BrNO3/c1-11(2,3)8-7(12)5-6(10(14)15)9(13-8)16-4/h5H,1-4H3,(H,14,15). The number of carboxylic acid groups (broad SMARTS) is 1. The monoisotopic (exact) mass is 287 g/mol. The Morgan fingerprint density at radius 3 is 2.44 bits per heavy atom. The molecule has 0 atom stereocenters. The van der Waals surface area contributed by atoms with Gasteiger partial charge in [-0.05, 0) is 22.0 Å². The van der Waals surface area contributed by atoms with E-state index >= 15 is 0 Å². The highest BCUT2D eigenvalue weighted by atomic mass is 79.9.